The normalized spacial score (nSPS) is 9.50. The summed E-state index contributed by atoms with van der Waals surface area (Å²) in [7, 11) is 1.41. The fraction of sp³-hybridized carbons (Fsp3) is 0.167. The molecular formula is C6H5BrFNO. The average Bonchev–Trinajstić information content (AvgIpc) is 1.88. The van der Waals surface area contributed by atoms with Crippen molar-refractivity contribution in [3.8, 4) is 5.75 Å². The summed E-state index contributed by atoms with van der Waals surface area (Å²) in [5, 5.41) is 0. The standard InChI is InChI=1S/C6H5BrFNO/c1-10-6-4(7)2-9-3-5(6)8/h2-3H,1H3. The molecule has 0 radical (unpaired) electrons. The fourth-order valence-corrected chi connectivity index (χ4v) is 1.06. The van der Waals surface area contributed by atoms with Gasteiger partial charge in [0.2, 0.25) is 0 Å². The zero-order chi connectivity index (χ0) is 7.56. The minimum absolute atomic E-state index is 0.190. The van der Waals surface area contributed by atoms with Crippen LogP contribution in [-0.4, -0.2) is 12.1 Å². The van der Waals surface area contributed by atoms with E-state index in [9.17, 15) is 4.39 Å². The molecule has 0 aliphatic rings. The van der Waals surface area contributed by atoms with Crippen LogP contribution in [-0.2, 0) is 0 Å². The van der Waals surface area contributed by atoms with E-state index in [1.54, 1.807) is 0 Å². The lowest BCUT2D eigenvalue weighted by atomic mass is 10.4. The van der Waals surface area contributed by atoms with E-state index in [4.69, 9.17) is 4.74 Å². The summed E-state index contributed by atoms with van der Waals surface area (Å²) in [5.41, 5.74) is 0. The van der Waals surface area contributed by atoms with E-state index in [2.05, 4.69) is 20.9 Å². The highest BCUT2D eigenvalue weighted by molar-refractivity contribution is 9.10. The first-order chi connectivity index (χ1) is 4.75. The third kappa shape index (κ3) is 1.26. The molecule has 0 bridgehead atoms. The number of hydrogen-bond acceptors (Lipinski definition) is 2. The predicted molar refractivity (Wildman–Crippen MR) is 38.4 cm³/mol. The van der Waals surface area contributed by atoms with E-state index in [-0.39, 0.29) is 5.75 Å². The van der Waals surface area contributed by atoms with E-state index in [1.165, 1.54) is 13.3 Å². The molecule has 0 atom stereocenters. The van der Waals surface area contributed by atoms with Crippen molar-refractivity contribution in [2.45, 2.75) is 0 Å². The van der Waals surface area contributed by atoms with Crippen molar-refractivity contribution in [3.63, 3.8) is 0 Å². The minimum Gasteiger partial charge on any atom is -0.492 e. The Kier molecular flexibility index (Phi) is 2.21. The van der Waals surface area contributed by atoms with Gasteiger partial charge in [-0.25, -0.2) is 4.39 Å². The van der Waals surface area contributed by atoms with Gasteiger partial charge >= 0.3 is 0 Å². The Balaban J connectivity index is 3.17. The zero-order valence-corrected chi connectivity index (χ0v) is 6.85. The van der Waals surface area contributed by atoms with Gasteiger partial charge in [0.15, 0.2) is 11.6 Å². The molecule has 54 valence electrons. The van der Waals surface area contributed by atoms with E-state index in [1.807, 2.05) is 0 Å². The van der Waals surface area contributed by atoms with Crippen LogP contribution in [0.3, 0.4) is 0 Å². The van der Waals surface area contributed by atoms with Crippen LogP contribution in [0.15, 0.2) is 16.9 Å². The van der Waals surface area contributed by atoms with Crippen LogP contribution >= 0.6 is 15.9 Å². The first-order valence-electron chi connectivity index (χ1n) is 2.58. The van der Waals surface area contributed by atoms with E-state index >= 15 is 0 Å². The third-order valence-corrected chi connectivity index (χ3v) is 1.58. The summed E-state index contributed by atoms with van der Waals surface area (Å²) in [4.78, 5) is 3.59. The number of halogens is 2. The largest absolute Gasteiger partial charge is 0.492 e. The van der Waals surface area contributed by atoms with Crippen LogP contribution in [0.25, 0.3) is 0 Å². The summed E-state index contributed by atoms with van der Waals surface area (Å²) < 4.78 is 17.9. The van der Waals surface area contributed by atoms with E-state index in [0.717, 1.165) is 6.20 Å². The van der Waals surface area contributed by atoms with E-state index in [0.29, 0.717) is 4.47 Å². The van der Waals surface area contributed by atoms with Gasteiger partial charge in [-0.15, -0.1) is 0 Å². The molecule has 1 rings (SSSR count). The molecule has 0 amide bonds. The van der Waals surface area contributed by atoms with Gasteiger partial charge in [-0.2, -0.15) is 0 Å². The minimum atomic E-state index is -0.461. The molecule has 10 heavy (non-hydrogen) atoms. The van der Waals surface area contributed by atoms with Crippen LogP contribution in [0.2, 0.25) is 0 Å². The van der Waals surface area contributed by atoms with Crippen LogP contribution in [0.1, 0.15) is 0 Å². The molecule has 0 saturated heterocycles. The second-order valence-corrected chi connectivity index (χ2v) is 2.49. The van der Waals surface area contributed by atoms with Crippen molar-refractivity contribution in [2.75, 3.05) is 7.11 Å². The first-order valence-corrected chi connectivity index (χ1v) is 3.38. The Hall–Kier alpha value is -0.640. The molecule has 1 aromatic heterocycles. The number of nitrogens with zero attached hydrogens (tertiary/aromatic N) is 1. The topological polar surface area (TPSA) is 22.1 Å². The van der Waals surface area contributed by atoms with Gasteiger partial charge in [0, 0.05) is 6.20 Å². The molecule has 1 heterocycles. The van der Waals surface area contributed by atoms with Gasteiger partial charge in [0.1, 0.15) is 0 Å². The second kappa shape index (κ2) is 2.96. The number of hydrogen-bond donors (Lipinski definition) is 0. The summed E-state index contributed by atoms with van der Waals surface area (Å²) >= 11 is 3.08. The lowest BCUT2D eigenvalue weighted by Crippen LogP contribution is -1.89. The molecular weight excluding hydrogens is 201 g/mol. The summed E-state index contributed by atoms with van der Waals surface area (Å²) in [6.07, 6.45) is 2.57. The number of ether oxygens (including phenoxy) is 1. The number of methoxy groups -OCH3 is 1. The molecule has 0 unspecified atom stereocenters. The maximum absolute atomic E-state index is 12.6. The Morgan fingerprint density at radius 3 is 2.70 bits per heavy atom. The Morgan fingerprint density at radius 2 is 2.30 bits per heavy atom. The summed E-state index contributed by atoms with van der Waals surface area (Å²) in [5.74, 6) is -0.271. The van der Waals surface area contributed by atoms with Gasteiger partial charge in [-0.05, 0) is 15.9 Å². The van der Waals surface area contributed by atoms with Crippen LogP contribution in [0, 0.1) is 5.82 Å². The summed E-state index contributed by atoms with van der Waals surface area (Å²) in [6.45, 7) is 0. The zero-order valence-electron chi connectivity index (χ0n) is 5.27. The van der Waals surface area contributed by atoms with Gasteiger partial charge in [0.25, 0.3) is 0 Å². The van der Waals surface area contributed by atoms with Crippen molar-refractivity contribution >= 4 is 15.9 Å². The highest BCUT2D eigenvalue weighted by Crippen LogP contribution is 2.25. The molecule has 0 aliphatic heterocycles. The first kappa shape index (κ1) is 7.47. The number of aromatic nitrogens is 1. The lowest BCUT2D eigenvalue weighted by molar-refractivity contribution is 0.382. The molecule has 0 aromatic carbocycles. The van der Waals surface area contributed by atoms with Crippen molar-refractivity contribution in [3.05, 3.63) is 22.7 Å². The maximum Gasteiger partial charge on any atom is 0.184 e. The van der Waals surface area contributed by atoms with Crippen LogP contribution < -0.4 is 4.74 Å². The molecule has 0 spiro atoms. The van der Waals surface area contributed by atoms with Gasteiger partial charge < -0.3 is 4.74 Å². The van der Waals surface area contributed by atoms with Crippen molar-refractivity contribution in [1.29, 1.82) is 0 Å². The SMILES string of the molecule is COc1c(F)cncc1Br. The molecule has 0 aliphatic carbocycles. The molecule has 1 aromatic rings. The van der Waals surface area contributed by atoms with Crippen LogP contribution in [0.4, 0.5) is 4.39 Å². The van der Waals surface area contributed by atoms with Crippen molar-refractivity contribution < 1.29 is 9.13 Å². The van der Waals surface area contributed by atoms with E-state index < -0.39 is 5.82 Å². The Labute approximate surface area is 66.2 Å². The molecule has 0 N–H and O–H groups in total. The molecule has 2 nitrogen and oxygen atoms in total. The van der Waals surface area contributed by atoms with Crippen molar-refractivity contribution in [2.24, 2.45) is 0 Å². The van der Waals surface area contributed by atoms with Gasteiger partial charge in [0.05, 0.1) is 17.8 Å². The highest BCUT2D eigenvalue weighted by atomic mass is 79.9. The highest BCUT2D eigenvalue weighted by Gasteiger charge is 2.05. The number of rotatable bonds is 1. The molecule has 4 heteroatoms. The fourth-order valence-electron chi connectivity index (χ4n) is 0.594. The maximum atomic E-state index is 12.6. The van der Waals surface area contributed by atoms with Crippen LogP contribution in [0.5, 0.6) is 5.75 Å². The van der Waals surface area contributed by atoms with Gasteiger partial charge in [-0.1, -0.05) is 0 Å². The second-order valence-electron chi connectivity index (χ2n) is 1.64. The molecule has 0 saturated carbocycles. The predicted octanol–water partition coefficient (Wildman–Crippen LogP) is 1.99. The van der Waals surface area contributed by atoms with Gasteiger partial charge in [-0.3, -0.25) is 4.98 Å². The monoisotopic (exact) mass is 205 g/mol. The Morgan fingerprint density at radius 1 is 1.60 bits per heavy atom. The summed E-state index contributed by atoms with van der Waals surface area (Å²) in [6, 6.07) is 0. The Bertz CT molecular complexity index is 221. The quantitative estimate of drug-likeness (QED) is 0.700. The molecule has 0 fully saturated rings. The third-order valence-electron chi connectivity index (χ3n) is 1.01. The average molecular weight is 206 g/mol. The smallest absolute Gasteiger partial charge is 0.184 e. The number of pyridine rings is 1. The van der Waals surface area contributed by atoms with Crippen molar-refractivity contribution in [1.82, 2.24) is 4.98 Å². The lowest BCUT2D eigenvalue weighted by Gasteiger charge is -2.01.